The number of hydrogen-bond donors (Lipinski definition) is 0. The monoisotopic (exact) mass is 246 g/mol. The maximum Gasteiger partial charge on any atom is -0.0355 e. The van der Waals surface area contributed by atoms with Crippen LogP contribution in [0.4, 0.5) is 0 Å². The molecule has 0 aromatic carbocycles. The number of hydrogen-bond acceptors (Lipinski definition) is 0. The molecule has 4 fully saturated rings. The van der Waals surface area contributed by atoms with Gasteiger partial charge >= 0.3 is 0 Å². The number of rotatable bonds is 2. The fourth-order valence-corrected chi connectivity index (χ4v) is 6.60. The second-order valence-corrected chi connectivity index (χ2v) is 8.39. The van der Waals surface area contributed by atoms with Crippen molar-refractivity contribution in [1.29, 1.82) is 0 Å². The number of fused-ring (bicyclic) bond motifs is 4. The van der Waals surface area contributed by atoms with Crippen LogP contribution in [0, 0.1) is 47.3 Å². The van der Waals surface area contributed by atoms with E-state index in [1.54, 1.807) is 51.4 Å². The Bertz CT molecular complexity index is 318. The first-order valence-electron chi connectivity index (χ1n) is 8.72. The molecule has 0 spiro atoms. The topological polar surface area (TPSA) is 0 Å². The molecule has 4 aliphatic rings. The molecule has 0 aliphatic heterocycles. The molecule has 0 saturated heterocycles. The molecule has 0 nitrogen and oxygen atoms in total. The Morgan fingerprint density at radius 2 is 1.44 bits per heavy atom. The maximum atomic E-state index is 2.59. The largest absolute Gasteiger partial charge is 0.0620 e. The zero-order valence-corrected chi connectivity index (χ0v) is 12.3. The average molecular weight is 246 g/mol. The normalized spacial score (nSPS) is 58.3. The quantitative estimate of drug-likeness (QED) is 0.633. The Morgan fingerprint density at radius 3 is 2.22 bits per heavy atom. The van der Waals surface area contributed by atoms with E-state index in [-0.39, 0.29) is 0 Å². The zero-order chi connectivity index (χ0) is 12.3. The molecule has 8 unspecified atom stereocenters. The van der Waals surface area contributed by atoms with Gasteiger partial charge in [0.1, 0.15) is 0 Å². The fourth-order valence-electron chi connectivity index (χ4n) is 6.60. The summed E-state index contributed by atoms with van der Waals surface area (Å²) in [4.78, 5) is 0. The lowest BCUT2D eigenvalue weighted by atomic mass is 9.66. The smallest absolute Gasteiger partial charge is 0.0355 e. The standard InChI is InChI=1S/C18H30/c1-11-14-4-3-13(7-14)8-17(11)10-18-12(2)15-5-6-16(18)9-15/h11-18H,3-10H2,1-2H3. The van der Waals surface area contributed by atoms with Gasteiger partial charge in [0.25, 0.3) is 0 Å². The lowest BCUT2D eigenvalue weighted by Crippen LogP contribution is -2.30. The first-order valence-corrected chi connectivity index (χ1v) is 8.72. The third kappa shape index (κ3) is 1.70. The fraction of sp³-hybridized carbons (Fsp3) is 1.00. The Balaban J connectivity index is 1.45. The summed E-state index contributed by atoms with van der Waals surface area (Å²) in [6, 6.07) is 0. The van der Waals surface area contributed by atoms with Gasteiger partial charge in [-0.2, -0.15) is 0 Å². The molecule has 0 heteroatoms. The highest BCUT2D eigenvalue weighted by atomic mass is 14.5. The van der Waals surface area contributed by atoms with Gasteiger partial charge in [-0.3, -0.25) is 0 Å². The van der Waals surface area contributed by atoms with Crippen molar-refractivity contribution in [1.82, 2.24) is 0 Å². The molecular weight excluding hydrogens is 216 g/mol. The molecule has 4 bridgehead atoms. The van der Waals surface area contributed by atoms with Crippen LogP contribution < -0.4 is 0 Å². The van der Waals surface area contributed by atoms with E-state index in [1.165, 1.54) is 0 Å². The summed E-state index contributed by atoms with van der Waals surface area (Å²) in [5.74, 6) is 8.84. The second kappa shape index (κ2) is 4.25. The van der Waals surface area contributed by atoms with Gasteiger partial charge in [-0.15, -0.1) is 0 Å². The molecule has 4 saturated carbocycles. The third-order valence-electron chi connectivity index (χ3n) is 7.82. The summed E-state index contributed by atoms with van der Waals surface area (Å²) in [7, 11) is 0. The average Bonchev–Trinajstić information content (AvgIpc) is 3.04. The van der Waals surface area contributed by atoms with Gasteiger partial charge < -0.3 is 0 Å². The van der Waals surface area contributed by atoms with Crippen molar-refractivity contribution in [3.05, 3.63) is 0 Å². The molecule has 4 aliphatic carbocycles. The van der Waals surface area contributed by atoms with Gasteiger partial charge in [0.15, 0.2) is 0 Å². The SMILES string of the molecule is CC1C2CCC(C2)CC1CC1C2CCC(C2)C1C. The molecule has 0 N–H and O–H groups in total. The van der Waals surface area contributed by atoms with Crippen LogP contribution in [0.2, 0.25) is 0 Å². The predicted molar refractivity (Wildman–Crippen MR) is 76.2 cm³/mol. The van der Waals surface area contributed by atoms with E-state index in [0.717, 1.165) is 47.3 Å². The highest BCUT2D eigenvalue weighted by molar-refractivity contribution is 4.97. The summed E-state index contributed by atoms with van der Waals surface area (Å²) in [6.07, 6.45) is 12.7. The molecule has 0 aromatic rings. The van der Waals surface area contributed by atoms with Gasteiger partial charge in [0.05, 0.1) is 0 Å². The van der Waals surface area contributed by atoms with E-state index in [0.29, 0.717) is 0 Å². The van der Waals surface area contributed by atoms with Gasteiger partial charge in [0, 0.05) is 0 Å². The van der Waals surface area contributed by atoms with Gasteiger partial charge in [-0.1, -0.05) is 20.3 Å². The van der Waals surface area contributed by atoms with E-state index in [9.17, 15) is 0 Å². The lowest BCUT2D eigenvalue weighted by molar-refractivity contribution is 0.108. The zero-order valence-electron chi connectivity index (χ0n) is 12.3. The summed E-state index contributed by atoms with van der Waals surface area (Å²) in [5, 5.41) is 0. The van der Waals surface area contributed by atoms with Crippen molar-refractivity contribution in [2.75, 3.05) is 0 Å². The van der Waals surface area contributed by atoms with E-state index in [4.69, 9.17) is 0 Å². The summed E-state index contributed by atoms with van der Waals surface area (Å²) < 4.78 is 0. The molecule has 102 valence electrons. The van der Waals surface area contributed by atoms with Crippen LogP contribution in [0.1, 0.15) is 65.2 Å². The van der Waals surface area contributed by atoms with Crippen molar-refractivity contribution in [3.63, 3.8) is 0 Å². The molecule has 0 heterocycles. The van der Waals surface area contributed by atoms with Crippen LogP contribution in [-0.4, -0.2) is 0 Å². The summed E-state index contributed by atoms with van der Waals surface area (Å²) in [5.41, 5.74) is 0. The third-order valence-corrected chi connectivity index (χ3v) is 7.82. The van der Waals surface area contributed by atoms with E-state index < -0.39 is 0 Å². The van der Waals surface area contributed by atoms with E-state index >= 15 is 0 Å². The van der Waals surface area contributed by atoms with Crippen LogP contribution in [0.25, 0.3) is 0 Å². The van der Waals surface area contributed by atoms with Crippen molar-refractivity contribution in [2.45, 2.75) is 65.2 Å². The Kier molecular flexibility index (Phi) is 2.79. The highest BCUT2D eigenvalue weighted by Gasteiger charge is 2.47. The predicted octanol–water partition coefficient (Wildman–Crippen LogP) is 5.13. The first kappa shape index (κ1) is 11.8. The highest BCUT2D eigenvalue weighted by Crippen LogP contribution is 2.57. The first-order chi connectivity index (χ1) is 8.72. The van der Waals surface area contributed by atoms with Crippen LogP contribution in [0.5, 0.6) is 0 Å². The molecule has 0 radical (unpaired) electrons. The van der Waals surface area contributed by atoms with Crippen LogP contribution >= 0.6 is 0 Å². The van der Waals surface area contributed by atoms with Crippen LogP contribution in [-0.2, 0) is 0 Å². The summed E-state index contributed by atoms with van der Waals surface area (Å²) in [6.45, 7) is 5.17. The Morgan fingerprint density at radius 1 is 0.722 bits per heavy atom. The van der Waals surface area contributed by atoms with Gasteiger partial charge in [-0.05, 0) is 92.3 Å². The summed E-state index contributed by atoms with van der Waals surface area (Å²) >= 11 is 0. The maximum absolute atomic E-state index is 2.59. The van der Waals surface area contributed by atoms with Crippen LogP contribution in [0.15, 0.2) is 0 Å². The second-order valence-electron chi connectivity index (χ2n) is 8.39. The molecule has 8 atom stereocenters. The van der Waals surface area contributed by atoms with E-state index in [1.807, 2.05) is 0 Å². The van der Waals surface area contributed by atoms with Gasteiger partial charge in [0.2, 0.25) is 0 Å². The minimum Gasteiger partial charge on any atom is -0.0620 e. The molecule has 18 heavy (non-hydrogen) atoms. The Hall–Kier alpha value is 0. The minimum absolute atomic E-state index is 1.05. The van der Waals surface area contributed by atoms with Crippen LogP contribution in [0.3, 0.4) is 0 Å². The lowest BCUT2D eigenvalue weighted by Gasteiger charge is -2.39. The molecular formula is C18H30. The van der Waals surface area contributed by atoms with Crippen molar-refractivity contribution >= 4 is 0 Å². The molecule has 0 aromatic heterocycles. The minimum atomic E-state index is 1.05. The Labute approximate surface area is 113 Å². The van der Waals surface area contributed by atoms with Gasteiger partial charge in [-0.25, -0.2) is 0 Å². The van der Waals surface area contributed by atoms with Crippen molar-refractivity contribution < 1.29 is 0 Å². The van der Waals surface area contributed by atoms with Crippen molar-refractivity contribution in [2.24, 2.45) is 47.3 Å². The molecule has 4 rings (SSSR count). The van der Waals surface area contributed by atoms with Crippen molar-refractivity contribution in [3.8, 4) is 0 Å². The van der Waals surface area contributed by atoms with E-state index in [2.05, 4.69) is 13.8 Å². The molecule has 0 amide bonds.